The van der Waals surface area contributed by atoms with Crippen molar-refractivity contribution in [3.8, 4) is 56.6 Å². The molecule has 4 aromatic heterocycles. The van der Waals surface area contributed by atoms with Gasteiger partial charge in [-0.3, -0.25) is 0 Å². The summed E-state index contributed by atoms with van der Waals surface area (Å²) in [6, 6.07) is 48.6. The van der Waals surface area contributed by atoms with Gasteiger partial charge in [-0.1, -0.05) is 32.9 Å². The second-order valence-electron chi connectivity index (χ2n) is 18.8. The molecular weight excluding hydrogens is 1060 g/mol. The van der Waals surface area contributed by atoms with E-state index in [1.165, 1.54) is 0 Å². The minimum absolute atomic E-state index is 0.117. The van der Waals surface area contributed by atoms with Crippen LogP contribution in [0.25, 0.3) is 99.8 Å². The Morgan fingerprint density at radius 1 is 0.528 bits per heavy atom. The molecule has 0 amide bonds. The van der Waals surface area contributed by atoms with Crippen LogP contribution in [0.15, 0.2) is 212 Å². The van der Waals surface area contributed by atoms with E-state index in [9.17, 15) is 5.48 Å². The van der Waals surface area contributed by atoms with Gasteiger partial charge in [-0.15, -0.1) is 0 Å². The maximum absolute atomic E-state index is 9.57. The summed E-state index contributed by atoms with van der Waals surface area (Å²) in [4.78, 5) is 4.85. The summed E-state index contributed by atoms with van der Waals surface area (Å²) in [5, 5.41) is 3.86. The van der Waals surface area contributed by atoms with Crippen molar-refractivity contribution in [2.24, 2.45) is 0 Å². The molecule has 0 saturated carbocycles. The van der Waals surface area contributed by atoms with Gasteiger partial charge in [-0.05, 0) is 17.0 Å². The molecule has 0 radical (unpaired) electrons. The van der Waals surface area contributed by atoms with E-state index in [0.29, 0.717) is 37.7 Å². The number of pyridine rings is 1. The fourth-order valence-electron chi connectivity index (χ4n) is 10.0. The number of hydrogen-bond acceptors (Lipinski definition) is 2. The number of aryl methyl sites for hydroxylation is 1. The molecule has 0 bridgehead atoms. The first-order chi connectivity index (χ1) is 39.3. The minimum atomic E-state index is -0.584. The van der Waals surface area contributed by atoms with Crippen LogP contribution in [0, 0.1) is 22.9 Å². The van der Waals surface area contributed by atoms with Crippen LogP contribution in [-0.2, 0) is 24.8 Å². The predicted octanol–water partition coefficient (Wildman–Crippen LogP) is 16.4. The molecule has 0 aliphatic rings. The molecule has 350 valence electrons. The number of fused-ring (bicyclic) bond motifs is 7. The van der Waals surface area contributed by atoms with Crippen molar-refractivity contribution >= 4 is 54.6 Å². The zero-order valence-electron chi connectivity index (χ0n) is 49.4. The van der Waals surface area contributed by atoms with Gasteiger partial charge in [0.1, 0.15) is 0 Å². The average Bonchev–Trinajstić information content (AvgIpc) is 2.32. The van der Waals surface area contributed by atoms with Crippen molar-refractivity contribution < 1.29 is 37.8 Å². The second kappa shape index (κ2) is 17.2. The third-order valence-corrected chi connectivity index (χ3v) is 14.2. The zero-order chi connectivity index (χ0) is 57.4. The number of ether oxygens (including phenoxy) is 1. The molecule has 0 fully saturated rings. The Balaban J connectivity index is 1.08. The molecule has 0 atom stereocenters. The molecule has 0 aliphatic heterocycles. The Kier molecular flexibility index (Phi) is 8.15. The standard InChI is InChI=1S/C65H47N5O.Pt/c1-43-35-47(38-50(36-43)71-49-31-32-54-53-25-13-16-28-59(53)70(62(54)41-49)63-37-46(33-34-66-63)65(2,3)4)67-42-68(61-30-18-17-29-60(61)67)64-55(44-19-7-5-8-20-44)39-48(40-56(64)45-21-9-6-10-22-45)69-57-26-14-11-23-51(57)52-24-12-15-27-58(52)69;/h5-37,39-40H,1-4H3;/q-2;/i5D,6D,7D,8D,9D,10D,19D,20D,21D,22D;. The van der Waals surface area contributed by atoms with Crippen molar-refractivity contribution in [2.75, 3.05) is 0 Å². The van der Waals surface area contributed by atoms with Crippen molar-refractivity contribution in [3.05, 3.63) is 239 Å². The van der Waals surface area contributed by atoms with E-state index in [1.807, 2.05) is 142 Å². The average molecular weight is 1120 g/mol. The van der Waals surface area contributed by atoms with Crippen LogP contribution in [0.2, 0.25) is 0 Å². The summed E-state index contributed by atoms with van der Waals surface area (Å²) in [6.45, 7) is 8.48. The third-order valence-electron chi connectivity index (χ3n) is 13.2. The number of para-hydroxylation sites is 5. The first-order valence-electron chi connectivity index (χ1n) is 28.5. The van der Waals surface area contributed by atoms with E-state index < -0.39 is 60.4 Å². The summed E-state index contributed by atoms with van der Waals surface area (Å²) >= 11 is 2.19. The molecule has 6 nitrogen and oxygen atoms in total. The monoisotopic (exact) mass is 1120 g/mol. The van der Waals surface area contributed by atoms with Crippen LogP contribution < -0.4 is 4.74 Å². The van der Waals surface area contributed by atoms with Crippen LogP contribution in [-0.4, -0.2) is 23.3 Å². The topological polar surface area (TPSA) is 41.8 Å². The molecule has 72 heavy (non-hydrogen) atoms. The number of rotatable bonds is 8. The fraction of sp³-hybridized carbons (Fsp3) is 0.0769. The van der Waals surface area contributed by atoms with E-state index in [4.69, 9.17) is 17.9 Å². The number of benzene rings is 9. The van der Waals surface area contributed by atoms with Gasteiger partial charge < -0.3 is 0 Å². The van der Waals surface area contributed by atoms with Crippen molar-refractivity contribution in [2.45, 2.75) is 33.1 Å². The summed E-state index contributed by atoms with van der Waals surface area (Å²) in [5.41, 5.74) is 7.60. The van der Waals surface area contributed by atoms with Crippen molar-refractivity contribution in [3.63, 3.8) is 0 Å². The molecular formula is C65H47N5OPt-2. The van der Waals surface area contributed by atoms with Crippen molar-refractivity contribution in [1.82, 2.24) is 23.3 Å². The van der Waals surface area contributed by atoms with Gasteiger partial charge >= 0.3 is 389 Å². The number of nitrogens with zero attached hydrogens (tertiary/aromatic N) is 5. The Labute approximate surface area is 442 Å². The van der Waals surface area contributed by atoms with E-state index in [0.717, 1.165) is 60.6 Å². The van der Waals surface area contributed by atoms with Gasteiger partial charge in [0.15, 0.2) is 0 Å². The molecule has 4 heterocycles. The Morgan fingerprint density at radius 2 is 1.07 bits per heavy atom. The predicted molar refractivity (Wildman–Crippen MR) is 291 cm³/mol. The molecule has 7 heteroatoms. The summed E-state index contributed by atoms with van der Waals surface area (Å²) in [6.07, 6.45) is 1.84. The van der Waals surface area contributed by atoms with Gasteiger partial charge in [0.2, 0.25) is 0 Å². The number of imidazole rings is 1. The van der Waals surface area contributed by atoms with Gasteiger partial charge in [0.25, 0.3) is 0 Å². The first kappa shape index (κ1) is 34.1. The van der Waals surface area contributed by atoms with Crippen LogP contribution in [0.5, 0.6) is 11.5 Å². The maximum atomic E-state index is 9.57. The normalized spacial score (nSPS) is 13.9. The molecule has 13 rings (SSSR count). The Bertz CT molecular complexity index is 4750. The van der Waals surface area contributed by atoms with Crippen LogP contribution >= 0.6 is 0 Å². The van der Waals surface area contributed by atoms with Crippen molar-refractivity contribution in [1.29, 1.82) is 0 Å². The molecule has 0 unspecified atom stereocenters. The SMILES string of the molecule is [2H]c1c([2H])c([2H])c(-c2cc(-n3c4ccccc4c4ccccc43)cc(-c3c([2H])c([2H])c([2H])c([2H])c3[2H])c2-n2[c](=[Pt])n(-c3[c-]c(Oc4[c-]c5c(cc4)c4ccccc4n5-c4cc(C(C)(C)C)ccn4)cc(C)c3)c3ccccc32)c([2H])c1[2H]. The summed E-state index contributed by atoms with van der Waals surface area (Å²) < 4.78 is 107. The summed E-state index contributed by atoms with van der Waals surface area (Å²) in [5.74, 6) is 1.58. The van der Waals surface area contributed by atoms with Crippen LogP contribution in [0.3, 0.4) is 0 Å². The van der Waals surface area contributed by atoms with Crippen LogP contribution in [0.1, 0.15) is 45.6 Å². The van der Waals surface area contributed by atoms with Gasteiger partial charge in [-0.2, -0.15) is 0 Å². The number of hydrogen-bond donors (Lipinski definition) is 0. The Morgan fingerprint density at radius 3 is 1.67 bits per heavy atom. The Hall–Kier alpha value is -8.31. The first-order valence-corrected chi connectivity index (χ1v) is 24.6. The fourth-order valence-corrected chi connectivity index (χ4v) is 11.1. The second-order valence-corrected chi connectivity index (χ2v) is 19.8. The molecule has 0 N–H and O–H groups in total. The van der Waals surface area contributed by atoms with Gasteiger partial charge in [0, 0.05) is 6.20 Å². The molecule has 9 aromatic carbocycles. The zero-order valence-corrected chi connectivity index (χ0v) is 41.7. The molecule has 13 aromatic rings. The van der Waals surface area contributed by atoms with E-state index in [2.05, 4.69) is 75.0 Å². The number of aromatic nitrogens is 5. The molecule has 0 aliphatic carbocycles. The molecule has 0 spiro atoms. The third kappa shape index (κ3) is 7.28. The van der Waals surface area contributed by atoms with E-state index >= 15 is 0 Å². The summed E-state index contributed by atoms with van der Waals surface area (Å²) in [7, 11) is 0. The van der Waals surface area contributed by atoms with Gasteiger partial charge in [-0.25, -0.2) is 0 Å². The van der Waals surface area contributed by atoms with Gasteiger partial charge in [0.05, 0.1) is 0 Å². The van der Waals surface area contributed by atoms with E-state index in [-0.39, 0.29) is 33.4 Å². The quantitative estimate of drug-likeness (QED) is 0.142. The van der Waals surface area contributed by atoms with Crippen LogP contribution in [0.4, 0.5) is 0 Å². The molecule has 0 saturated heterocycles. The van der Waals surface area contributed by atoms with E-state index in [1.54, 1.807) is 12.1 Å².